The summed E-state index contributed by atoms with van der Waals surface area (Å²) in [4.78, 5) is 15.5. The molecule has 3 aliphatic rings. The van der Waals surface area contributed by atoms with E-state index in [1.807, 2.05) is 10.7 Å². The average Bonchev–Trinajstić information content (AvgIpc) is 3.39. The van der Waals surface area contributed by atoms with Crippen LogP contribution in [-0.2, 0) is 0 Å². The first-order valence-corrected chi connectivity index (χ1v) is 12.3. The number of hydrogen-bond acceptors (Lipinski definition) is 5. The highest BCUT2D eigenvalue weighted by molar-refractivity contribution is 5.91. The van der Waals surface area contributed by atoms with Gasteiger partial charge in [0.05, 0.1) is 23.5 Å². The third-order valence-electron chi connectivity index (χ3n) is 7.96. The highest BCUT2D eigenvalue weighted by Gasteiger charge is 2.34. The number of pyridine rings is 1. The molecule has 170 valence electrons. The lowest BCUT2D eigenvalue weighted by Crippen LogP contribution is -2.37. The molecule has 6 rings (SSSR count). The van der Waals surface area contributed by atoms with Crippen molar-refractivity contribution in [2.75, 3.05) is 5.32 Å². The zero-order chi connectivity index (χ0) is 22.4. The smallest absolute Gasteiger partial charge is 0.261 e. The zero-order valence-corrected chi connectivity index (χ0v) is 18.8. The van der Waals surface area contributed by atoms with E-state index in [4.69, 9.17) is 5.10 Å². The summed E-state index contributed by atoms with van der Waals surface area (Å²) in [6.45, 7) is 0. The fourth-order valence-electron chi connectivity index (χ4n) is 6.30. The van der Waals surface area contributed by atoms with Gasteiger partial charge in [0.15, 0.2) is 5.82 Å². The van der Waals surface area contributed by atoms with Crippen molar-refractivity contribution in [2.24, 2.45) is 5.92 Å². The third kappa shape index (κ3) is 3.72. The molecule has 5 atom stereocenters. The maximum absolute atomic E-state index is 12.7. The summed E-state index contributed by atoms with van der Waals surface area (Å²) in [7, 11) is 0. The number of H-pyrrole nitrogens is 1. The normalized spacial score (nSPS) is 29.1. The second kappa shape index (κ2) is 8.35. The van der Waals surface area contributed by atoms with Gasteiger partial charge in [0, 0.05) is 24.0 Å². The Labute approximate surface area is 193 Å². The van der Waals surface area contributed by atoms with Crippen LogP contribution in [0.4, 0.5) is 11.5 Å². The van der Waals surface area contributed by atoms with Gasteiger partial charge in [-0.2, -0.15) is 10.4 Å². The Morgan fingerprint density at radius 1 is 1.03 bits per heavy atom. The number of piperidine rings is 1. The van der Waals surface area contributed by atoms with Gasteiger partial charge in [-0.25, -0.2) is 0 Å². The number of nitrogens with one attached hydrogen (secondary N) is 3. The van der Waals surface area contributed by atoms with Crippen LogP contribution in [0.1, 0.15) is 68.9 Å². The molecule has 1 aliphatic carbocycles. The molecule has 3 fully saturated rings. The Balaban J connectivity index is 1.30. The molecule has 0 radical (unpaired) electrons. The number of hydrogen-bond donors (Lipinski definition) is 3. The summed E-state index contributed by atoms with van der Waals surface area (Å²) in [6, 6.07) is 14.3. The monoisotopic (exact) mass is 442 g/mol. The van der Waals surface area contributed by atoms with E-state index < -0.39 is 0 Å². The summed E-state index contributed by atoms with van der Waals surface area (Å²) in [5.41, 5.74) is 2.94. The standard InChI is InChI=1S/C26H30N6O/c27-15-17-3-1-2-4-22(17)32-23-11-12-28-26(33)24(23)25(31-32)30-19-7-5-16(6-8-19)18-13-20-9-10-21(14-18)29-20/h5-8,11-12,17-18,20-22,29H,1-4,9-10,13-14H2,(H,28,33)(H,30,31)/t17-,18-,20-,21+,22+/m1/s1. The lowest BCUT2D eigenvalue weighted by molar-refractivity contribution is 0.277. The molecule has 2 saturated heterocycles. The molecule has 0 spiro atoms. The second-order valence-corrected chi connectivity index (χ2v) is 10.0. The van der Waals surface area contributed by atoms with Gasteiger partial charge in [-0.15, -0.1) is 0 Å². The highest BCUT2D eigenvalue weighted by Crippen LogP contribution is 2.38. The molecule has 7 nitrogen and oxygen atoms in total. The summed E-state index contributed by atoms with van der Waals surface area (Å²) in [6.07, 6.45) is 10.7. The highest BCUT2D eigenvalue weighted by atomic mass is 16.1. The first kappa shape index (κ1) is 20.5. The van der Waals surface area contributed by atoms with E-state index in [1.165, 1.54) is 31.2 Å². The van der Waals surface area contributed by atoms with Crippen molar-refractivity contribution < 1.29 is 0 Å². The zero-order valence-electron chi connectivity index (χ0n) is 18.8. The van der Waals surface area contributed by atoms with Crippen LogP contribution >= 0.6 is 0 Å². The number of aromatic nitrogens is 3. The molecule has 7 heteroatoms. The molecule has 0 amide bonds. The van der Waals surface area contributed by atoms with E-state index in [1.54, 1.807) is 6.20 Å². The Kier molecular flexibility index (Phi) is 5.18. The number of benzene rings is 1. The second-order valence-electron chi connectivity index (χ2n) is 10.0. The van der Waals surface area contributed by atoms with Crippen molar-refractivity contribution in [3.05, 3.63) is 52.4 Å². The summed E-state index contributed by atoms with van der Waals surface area (Å²) >= 11 is 0. The van der Waals surface area contributed by atoms with Gasteiger partial charge in [-0.1, -0.05) is 25.0 Å². The molecule has 2 aromatic heterocycles. The molecular formula is C26H30N6O. The molecule has 2 bridgehead atoms. The van der Waals surface area contributed by atoms with Gasteiger partial charge in [-0.05, 0) is 68.2 Å². The van der Waals surface area contributed by atoms with Gasteiger partial charge >= 0.3 is 0 Å². The number of fused-ring (bicyclic) bond motifs is 3. The number of rotatable bonds is 4. The Hall–Kier alpha value is -3.11. The Morgan fingerprint density at radius 3 is 2.55 bits per heavy atom. The first-order chi connectivity index (χ1) is 16.2. The average molecular weight is 443 g/mol. The predicted molar refractivity (Wildman–Crippen MR) is 129 cm³/mol. The SMILES string of the molecule is N#C[C@H]1CCCC[C@@H]1n1nc(Nc2ccc([C@@H]3C[C@H]4CC[C@@H](C3)N4)cc2)c2c(=O)[nH]ccc21. The summed E-state index contributed by atoms with van der Waals surface area (Å²) in [5, 5.41) is 22.2. The van der Waals surface area contributed by atoms with Crippen molar-refractivity contribution >= 4 is 22.4 Å². The van der Waals surface area contributed by atoms with Crippen LogP contribution in [0, 0.1) is 17.2 Å². The van der Waals surface area contributed by atoms with Gasteiger partial charge in [0.25, 0.3) is 5.56 Å². The van der Waals surface area contributed by atoms with E-state index in [-0.39, 0.29) is 17.5 Å². The van der Waals surface area contributed by atoms with Crippen molar-refractivity contribution in [3.8, 4) is 6.07 Å². The van der Waals surface area contributed by atoms with Crippen molar-refractivity contribution in [2.45, 2.75) is 75.4 Å². The molecule has 3 aromatic rings. The van der Waals surface area contributed by atoms with E-state index in [9.17, 15) is 10.1 Å². The largest absolute Gasteiger partial charge is 0.338 e. The third-order valence-corrected chi connectivity index (χ3v) is 7.96. The fraction of sp³-hybridized carbons (Fsp3) is 0.500. The van der Waals surface area contributed by atoms with Crippen LogP contribution in [-0.4, -0.2) is 26.8 Å². The van der Waals surface area contributed by atoms with Crippen molar-refractivity contribution in [1.82, 2.24) is 20.1 Å². The Morgan fingerprint density at radius 2 is 1.79 bits per heavy atom. The lowest BCUT2D eigenvalue weighted by Gasteiger charge is -2.29. The minimum atomic E-state index is -0.160. The maximum Gasteiger partial charge on any atom is 0.261 e. The predicted octanol–water partition coefficient (Wildman–Crippen LogP) is 4.72. The van der Waals surface area contributed by atoms with Crippen LogP contribution in [0.5, 0.6) is 0 Å². The van der Waals surface area contributed by atoms with Crippen LogP contribution in [0.2, 0.25) is 0 Å². The van der Waals surface area contributed by atoms with Crippen molar-refractivity contribution in [3.63, 3.8) is 0 Å². The number of nitrogens with zero attached hydrogens (tertiary/aromatic N) is 3. The number of aromatic amines is 1. The van der Waals surface area contributed by atoms with Gasteiger partial charge in [0.1, 0.15) is 5.39 Å². The van der Waals surface area contributed by atoms with Crippen LogP contribution in [0.15, 0.2) is 41.3 Å². The molecule has 4 heterocycles. The quantitative estimate of drug-likeness (QED) is 0.543. The van der Waals surface area contributed by atoms with Crippen LogP contribution in [0.25, 0.3) is 10.9 Å². The molecule has 1 aromatic carbocycles. The molecular weight excluding hydrogens is 412 g/mol. The minimum Gasteiger partial charge on any atom is -0.338 e. The summed E-state index contributed by atoms with van der Waals surface area (Å²) in [5.74, 6) is 1.10. The van der Waals surface area contributed by atoms with Gasteiger partial charge in [0.2, 0.25) is 0 Å². The number of anilines is 2. The van der Waals surface area contributed by atoms with Crippen molar-refractivity contribution in [1.29, 1.82) is 5.26 Å². The molecule has 33 heavy (non-hydrogen) atoms. The molecule has 1 saturated carbocycles. The fourth-order valence-corrected chi connectivity index (χ4v) is 6.30. The maximum atomic E-state index is 12.7. The Bertz CT molecular complexity index is 1240. The molecule has 2 aliphatic heterocycles. The van der Waals surface area contributed by atoms with Gasteiger partial charge in [-0.3, -0.25) is 9.48 Å². The van der Waals surface area contributed by atoms with Gasteiger partial charge < -0.3 is 15.6 Å². The van der Waals surface area contributed by atoms with E-state index in [0.717, 1.165) is 36.9 Å². The van der Waals surface area contributed by atoms with Crippen LogP contribution in [0.3, 0.4) is 0 Å². The topological polar surface area (TPSA) is 98.5 Å². The molecule has 0 unspecified atom stereocenters. The lowest BCUT2D eigenvalue weighted by atomic mass is 9.85. The van der Waals surface area contributed by atoms with Crippen LogP contribution < -0.4 is 16.2 Å². The summed E-state index contributed by atoms with van der Waals surface area (Å²) < 4.78 is 1.92. The van der Waals surface area contributed by atoms with E-state index in [2.05, 4.69) is 46.0 Å². The van der Waals surface area contributed by atoms with E-state index in [0.29, 0.717) is 29.2 Å². The molecule has 3 N–H and O–H groups in total. The van der Waals surface area contributed by atoms with E-state index >= 15 is 0 Å². The first-order valence-electron chi connectivity index (χ1n) is 12.3. The minimum absolute atomic E-state index is 0.00116. The number of nitriles is 1.